The lowest BCUT2D eigenvalue weighted by molar-refractivity contribution is 0.0945. The van der Waals surface area contributed by atoms with Crippen molar-refractivity contribution in [2.24, 2.45) is 0 Å². The second kappa shape index (κ2) is 11.0. The molecule has 0 radical (unpaired) electrons. The summed E-state index contributed by atoms with van der Waals surface area (Å²) in [6.07, 6.45) is 7.82. The molecule has 0 unspecified atom stereocenters. The highest BCUT2D eigenvalue weighted by Gasteiger charge is 2.11. The Kier molecular flexibility index (Phi) is 8.06. The van der Waals surface area contributed by atoms with Gasteiger partial charge in [0.1, 0.15) is 0 Å². The SMILES string of the molecule is O=C(NCCNC1CCCCCC1)c1ccc(CNC(=O)c2cccs2)cc1. The molecule has 28 heavy (non-hydrogen) atoms. The molecule has 1 saturated carbocycles. The summed E-state index contributed by atoms with van der Waals surface area (Å²) in [4.78, 5) is 24.9. The maximum atomic E-state index is 12.3. The largest absolute Gasteiger partial charge is 0.351 e. The maximum absolute atomic E-state index is 12.3. The Morgan fingerprint density at radius 1 is 0.893 bits per heavy atom. The second-order valence-electron chi connectivity index (χ2n) is 7.26. The van der Waals surface area contributed by atoms with E-state index in [1.165, 1.54) is 49.9 Å². The molecule has 0 atom stereocenters. The topological polar surface area (TPSA) is 70.2 Å². The van der Waals surface area contributed by atoms with Crippen LogP contribution in [0.1, 0.15) is 64.1 Å². The number of carbonyl (C=O) groups excluding carboxylic acids is 2. The van der Waals surface area contributed by atoms with Gasteiger partial charge in [-0.3, -0.25) is 9.59 Å². The van der Waals surface area contributed by atoms with E-state index in [-0.39, 0.29) is 11.8 Å². The van der Waals surface area contributed by atoms with Crippen LogP contribution in [-0.2, 0) is 6.54 Å². The molecule has 0 bridgehead atoms. The lowest BCUT2D eigenvalue weighted by Crippen LogP contribution is -2.36. The number of hydrogen-bond acceptors (Lipinski definition) is 4. The van der Waals surface area contributed by atoms with E-state index in [4.69, 9.17) is 0 Å². The fraction of sp³-hybridized carbons (Fsp3) is 0.455. The Labute approximate surface area is 170 Å². The minimum Gasteiger partial charge on any atom is -0.351 e. The van der Waals surface area contributed by atoms with Gasteiger partial charge in [-0.25, -0.2) is 0 Å². The van der Waals surface area contributed by atoms with Gasteiger partial charge in [0.25, 0.3) is 11.8 Å². The summed E-state index contributed by atoms with van der Waals surface area (Å²) in [5, 5.41) is 11.3. The first-order chi connectivity index (χ1) is 13.7. The molecule has 3 N–H and O–H groups in total. The van der Waals surface area contributed by atoms with Crippen molar-refractivity contribution in [2.75, 3.05) is 13.1 Å². The minimum atomic E-state index is -0.0713. The van der Waals surface area contributed by atoms with Gasteiger partial charge < -0.3 is 16.0 Å². The molecule has 1 heterocycles. The van der Waals surface area contributed by atoms with E-state index in [0.29, 0.717) is 29.6 Å². The van der Waals surface area contributed by atoms with Crippen LogP contribution < -0.4 is 16.0 Å². The number of thiophene rings is 1. The molecular weight excluding hydrogens is 370 g/mol. The van der Waals surface area contributed by atoms with Crippen molar-refractivity contribution in [2.45, 2.75) is 51.1 Å². The van der Waals surface area contributed by atoms with Gasteiger partial charge in [0.15, 0.2) is 0 Å². The van der Waals surface area contributed by atoms with Crippen LogP contribution in [0.25, 0.3) is 0 Å². The Morgan fingerprint density at radius 3 is 2.32 bits per heavy atom. The van der Waals surface area contributed by atoms with E-state index in [0.717, 1.165) is 12.1 Å². The fourth-order valence-electron chi connectivity index (χ4n) is 3.49. The standard InChI is InChI=1S/C22H29N3O2S/c26-21(24-14-13-23-19-6-3-1-2-4-7-19)18-11-9-17(10-12-18)16-25-22(27)20-8-5-15-28-20/h5,8-12,15,19,23H,1-4,6-7,13-14,16H2,(H,24,26)(H,25,27). The Morgan fingerprint density at radius 2 is 1.64 bits per heavy atom. The molecule has 6 heteroatoms. The summed E-state index contributed by atoms with van der Waals surface area (Å²) in [5.41, 5.74) is 1.61. The zero-order valence-electron chi connectivity index (χ0n) is 16.2. The zero-order valence-corrected chi connectivity index (χ0v) is 17.0. The second-order valence-corrected chi connectivity index (χ2v) is 8.20. The van der Waals surface area contributed by atoms with Gasteiger partial charge in [0.05, 0.1) is 4.88 Å². The summed E-state index contributed by atoms with van der Waals surface area (Å²) < 4.78 is 0. The van der Waals surface area contributed by atoms with Crippen molar-refractivity contribution in [1.29, 1.82) is 0 Å². The minimum absolute atomic E-state index is 0.0585. The number of rotatable bonds is 8. The smallest absolute Gasteiger partial charge is 0.261 e. The van der Waals surface area contributed by atoms with Crippen molar-refractivity contribution < 1.29 is 9.59 Å². The molecule has 1 aromatic carbocycles. The summed E-state index contributed by atoms with van der Waals surface area (Å²) in [7, 11) is 0. The van der Waals surface area contributed by atoms with Crippen LogP contribution in [0, 0.1) is 0 Å². The fourth-order valence-corrected chi connectivity index (χ4v) is 4.13. The van der Waals surface area contributed by atoms with Gasteiger partial charge in [-0.05, 0) is 42.0 Å². The molecule has 1 fully saturated rings. The average Bonchev–Trinajstić information content (AvgIpc) is 3.14. The molecule has 1 aromatic heterocycles. The first kappa shape index (κ1) is 20.6. The van der Waals surface area contributed by atoms with Crippen molar-refractivity contribution in [3.8, 4) is 0 Å². The molecular formula is C22H29N3O2S. The quantitative estimate of drug-likeness (QED) is 0.468. The number of hydrogen-bond donors (Lipinski definition) is 3. The molecule has 1 aliphatic carbocycles. The molecule has 5 nitrogen and oxygen atoms in total. The number of carbonyl (C=O) groups is 2. The van der Waals surface area contributed by atoms with E-state index in [1.54, 1.807) is 18.2 Å². The zero-order chi connectivity index (χ0) is 19.6. The summed E-state index contributed by atoms with van der Waals surface area (Å²) >= 11 is 1.42. The molecule has 3 rings (SSSR count). The van der Waals surface area contributed by atoms with Crippen LogP contribution in [0.3, 0.4) is 0 Å². The van der Waals surface area contributed by atoms with Gasteiger partial charge in [-0.1, -0.05) is 43.9 Å². The van der Waals surface area contributed by atoms with Gasteiger partial charge in [0.2, 0.25) is 0 Å². The Balaban J connectivity index is 1.36. The van der Waals surface area contributed by atoms with Crippen molar-refractivity contribution >= 4 is 23.2 Å². The maximum Gasteiger partial charge on any atom is 0.261 e. The van der Waals surface area contributed by atoms with Crippen molar-refractivity contribution in [1.82, 2.24) is 16.0 Å². The average molecular weight is 400 g/mol. The van der Waals surface area contributed by atoms with Gasteiger partial charge in [0, 0.05) is 31.2 Å². The highest BCUT2D eigenvalue weighted by molar-refractivity contribution is 7.12. The predicted octanol–water partition coefficient (Wildman–Crippen LogP) is 3.72. The lowest BCUT2D eigenvalue weighted by atomic mass is 10.1. The summed E-state index contributed by atoms with van der Waals surface area (Å²) in [6.45, 7) is 1.89. The van der Waals surface area contributed by atoms with Crippen LogP contribution in [0.15, 0.2) is 41.8 Å². The summed E-state index contributed by atoms with van der Waals surface area (Å²) in [5.74, 6) is -0.130. The molecule has 0 spiro atoms. The molecule has 2 amide bonds. The van der Waals surface area contributed by atoms with E-state index < -0.39 is 0 Å². The van der Waals surface area contributed by atoms with E-state index in [1.807, 2.05) is 23.6 Å². The Hall–Kier alpha value is -2.18. The van der Waals surface area contributed by atoms with E-state index >= 15 is 0 Å². The number of nitrogens with one attached hydrogen (secondary N) is 3. The molecule has 2 aromatic rings. The van der Waals surface area contributed by atoms with Crippen LogP contribution in [-0.4, -0.2) is 30.9 Å². The third-order valence-corrected chi connectivity index (χ3v) is 5.98. The van der Waals surface area contributed by atoms with Crippen LogP contribution >= 0.6 is 11.3 Å². The Bertz CT molecular complexity index is 736. The molecule has 0 aliphatic heterocycles. The normalized spacial score (nSPS) is 15.0. The van der Waals surface area contributed by atoms with Crippen molar-refractivity contribution in [3.63, 3.8) is 0 Å². The molecule has 150 valence electrons. The summed E-state index contributed by atoms with van der Waals surface area (Å²) in [6, 6.07) is 11.6. The van der Waals surface area contributed by atoms with Crippen molar-refractivity contribution in [3.05, 3.63) is 57.8 Å². The monoisotopic (exact) mass is 399 g/mol. The van der Waals surface area contributed by atoms with Crippen LogP contribution in [0.5, 0.6) is 0 Å². The molecule has 1 aliphatic rings. The van der Waals surface area contributed by atoms with Gasteiger partial charge in [-0.2, -0.15) is 0 Å². The third-order valence-electron chi connectivity index (χ3n) is 5.11. The highest BCUT2D eigenvalue weighted by atomic mass is 32.1. The van der Waals surface area contributed by atoms with E-state index in [2.05, 4.69) is 16.0 Å². The van der Waals surface area contributed by atoms with E-state index in [9.17, 15) is 9.59 Å². The van der Waals surface area contributed by atoms with Crippen LogP contribution in [0.2, 0.25) is 0 Å². The predicted molar refractivity (Wildman–Crippen MR) is 114 cm³/mol. The third kappa shape index (κ3) is 6.46. The first-order valence-electron chi connectivity index (χ1n) is 10.1. The number of amides is 2. The lowest BCUT2D eigenvalue weighted by Gasteiger charge is -2.16. The highest BCUT2D eigenvalue weighted by Crippen LogP contribution is 2.16. The first-order valence-corrected chi connectivity index (χ1v) is 11.0. The van der Waals surface area contributed by atoms with Gasteiger partial charge in [-0.15, -0.1) is 11.3 Å². The molecule has 0 saturated heterocycles. The van der Waals surface area contributed by atoms with Gasteiger partial charge >= 0.3 is 0 Å². The number of benzene rings is 1. The van der Waals surface area contributed by atoms with Crippen LogP contribution in [0.4, 0.5) is 0 Å².